The van der Waals surface area contributed by atoms with Crippen molar-refractivity contribution in [3.8, 4) is 0 Å². The summed E-state index contributed by atoms with van der Waals surface area (Å²) >= 11 is 0. The molecule has 0 aliphatic heterocycles. The van der Waals surface area contributed by atoms with Gasteiger partial charge in [0.2, 0.25) is 0 Å². The molecular weight excluding hydrogens is 438 g/mol. The molecule has 0 aliphatic rings. The van der Waals surface area contributed by atoms with E-state index < -0.39 is 36.7 Å². The van der Waals surface area contributed by atoms with Crippen molar-refractivity contribution in [1.82, 2.24) is 4.90 Å². The Morgan fingerprint density at radius 2 is 1.31 bits per heavy atom. The van der Waals surface area contributed by atoms with Gasteiger partial charge in [-0.05, 0) is 31.4 Å². The zero-order chi connectivity index (χ0) is 24.4. The van der Waals surface area contributed by atoms with E-state index in [0.29, 0.717) is 23.4 Å². The van der Waals surface area contributed by atoms with Gasteiger partial charge in [-0.2, -0.15) is 13.2 Å². The van der Waals surface area contributed by atoms with Crippen LogP contribution in [-0.2, 0) is 9.59 Å². The van der Waals surface area contributed by atoms with Gasteiger partial charge in [0.05, 0.1) is 25.7 Å². The predicted octanol–water partition coefficient (Wildman–Crippen LogP) is 6.20. The lowest BCUT2D eigenvalue weighted by molar-refractivity contribution is -0.175. The van der Waals surface area contributed by atoms with Crippen LogP contribution < -0.4 is 0 Å². The number of Topliss-reactive ketones (excluding diaryl/α,β-unsaturated/α-hetero) is 1. The van der Waals surface area contributed by atoms with Crippen LogP contribution >= 0.6 is 7.26 Å². The summed E-state index contributed by atoms with van der Waals surface area (Å²) in [5.74, 6) is -2.91. The Kier molecular flexibility index (Phi) is 11.6. The Morgan fingerprint density at radius 1 is 0.875 bits per heavy atom. The number of halogens is 3. The molecule has 1 aromatic rings. The van der Waals surface area contributed by atoms with Gasteiger partial charge in [0.25, 0.3) is 17.2 Å². The number of benzene rings is 1. The van der Waals surface area contributed by atoms with E-state index in [1.165, 1.54) is 12.1 Å². The van der Waals surface area contributed by atoms with Crippen molar-refractivity contribution in [2.45, 2.75) is 71.5 Å². The molecule has 1 amide bonds. The number of hydrogen-bond acceptors (Lipinski definition) is 3. The zero-order valence-corrected chi connectivity index (χ0v) is 20.5. The van der Waals surface area contributed by atoms with Crippen molar-refractivity contribution < 1.29 is 27.6 Å². The maximum absolute atomic E-state index is 13.9. The molecule has 0 aromatic heterocycles. The Bertz CT molecular complexity index is 731. The number of alkyl halides is 3. The number of ketones is 1. The third-order valence-electron chi connectivity index (χ3n) is 5.78. The summed E-state index contributed by atoms with van der Waals surface area (Å²) in [4.78, 5) is 40.1. The highest BCUT2D eigenvalue weighted by atomic mass is 31.2. The first-order chi connectivity index (χ1) is 15.1. The van der Waals surface area contributed by atoms with E-state index in [0.717, 1.165) is 45.6 Å². The molecule has 0 fully saturated rings. The molecule has 1 unspecified atom stereocenters. The lowest BCUT2D eigenvalue weighted by Gasteiger charge is -2.33. The summed E-state index contributed by atoms with van der Waals surface area (Å²) in [7, 11) is -1.42. The minimum Gasteiger partial charge on any atom is -0.321 e. The summed E-state index contributed by atoms with van der Waals surface area (Å²) in [6.07, 6.45) is 0.952. The smallest absolute Gasteiger partial charge is 0.321 e. The summed E-state index contributed by atoms with van der Waals surface area (Å²) in [6, 6.07) is 5.64. The molecule has 1 atom stereocenters. The maximum atomic E-state index is 13.9. The number of unbranched alkanes of at least 4 members (excludes halogenated alkanes) is 3. The van der Waals surface area contributed by atoms with E-state index in [9.17, 15) is 27.6 Å². The normalized spacial score (nSPS) is 13.0. The maximum Gasteiger partial charge on any atom is 0.452 e. The van der Waals surface area contributed by atoms with E-state index in [2.05, 4.69) is 0 Å². The fraction of sp³-hybridized carbons (Fsp3) is 0.625. The largest absolute Gasteiger partial charge is 0.452 e. The Hall–Kier alpha value is -1.75. The van der Waals surface area contributed by atoms with Crippen molar-refractivity contribution in [2.75, 3.05) is 25.5 Å². The van der Waals surface area contributed by atoms with Crippen LogP contribution in [0.1, 0.15) is 69.7 Å². The van der Waals surface area contributed by atoms with Gasteiger partial charge >= 0.3 is 6.18 Å². The van der Waals surface area contributed by atoms with Crippen LogP contribution in [0.5, 0.6) is 0 Å². The molecule has 0 bridgehead atoms. The highest BCUT2D eigenvalue weighted by Gasteiger charge is 2.57. The highest BCUT2D eigenvalue weighted by molar-refractivity contribution is 7.91. The second-order valence-electron chi connectivity index (χ2n) is 8.26. The van der Waals surface area contributed by atoms with Crippen LogP contribution in [0, 0.1) is 0 Å². The van der Waals surface area contributed by atoms with E-state index in [1.807, 2.05) is 20.8 Å². The fourth-order valence-electron chi connectivity index (χ4n) is 3.82. The lowest BCUT2D eigenvalue weighted by Crippen LogP contribution is -2.53. The zero-order valence-electron chi connectivity index (χ0n) is 19.6. The van der Waals surface area contributed by atoms with Gasteiger partial charge in [-0.3, -0.25) is 14.4 Å². The van der Waals surface area contributed by atoms with E-state index in [1.54, 1.807) is 18.2 Å². The summed E-state index contributed by atoms with van der Waals surface area (Å²) in [5.41, 5.74) is -0.524. The minimum atomic E-state index is -5.21. The number of carbonyl (C=O) groups excluding carboxylic acids is 3. The SMILES string of the molecule is CCCC[P+](CCCC)(CCCC)C(=O)C(C(=O)C(F)(F)F)N(C)C(=O)c1ccccc1. The third kappa shape index (κ3) is 7.40. The molecule has 1 aromatic carbocycles. The second kappa shape index (κ2) is 13.1. The van der Waals surface area contributed by atoms with Crippen LogP contribution in [-0.4, -0.2) is 59.9 Å². The standard InChI is InChI=1S/C24H36F3NO3P/c1-5-8-16-32(17-9-6-2,18-10-7-3)23(31)20(21(29)24(25,26)27)28(4)22(30)19-14-12-11-13-15-19/h11-15,20H,5-10,16-18H2,1-4H3/q+1. The number of likely N-dealkylation sites (N-methyl/N-ethyl adjacent to an activating group) is 1. The quantitative estimate of drug-likeness (QED) is 0.238. The minimum absolute atomic E-state index is 0.141. The monoisotopic (exact) mass is 474 g/mol. The number of amides is 1. The first kappa shape index (κ1) is 28.3. The van der Waals surface area contributed by atoms with Gasteiger partial charge in [-0.1, -0.05) is 58.2 Å². The lowest BCUT2D eigenvalue weighted by atomic mass is 10.1. The van der Waals surface area contributed by atoms with Crippen molar-refractivity contribution >= 4 is 24.5 Å². The Balaban J connectivity index is 3.52. The number of carbonyl (C=O) groups is 3. The highest BCUT2D eigenvalue weighted by Crippen LogP contribution is 2.62. The molecule has 0 heterocycles. The van der Waals surface area contributed by atoms with Gasteiger partial charge in [-0.15, -0.1) is 0 Å². The molecule has 8 heteroatoms. The summed E-state index contributed by atoms with van der Waals surface area (Å²) in [6.45, 7) is 5.92. The molecule has 180 valence electrons. The summed E-state index contributed by atoms with van der Waals surface area (Å²) < 4.78 is 40.8. The molecule has 0 N–H and O–H groups in total. The number of hydrogen-bond donors (Lipinski definition) is 0. The van der Waals surface area contributed by atoms with Gasteiger partial charge in [0.1, 0.15) is 0 Å². The van der Waals surface area contributed by atoms with E-state index in [4.69, 9.17) is 0 Å². The molecule has 0 saturated carbocycles. The van der Waals surface area contributed by atoms with Crippen LogP contribution in [0.2, 0.25) is 0 Å². The van der Waals surface area contributed by atoms with Crippen molar-refractivity contribution in [3.63, 3.8) is 0 Å². The molecular formula is C24H36F3NO3P+. The third-order valence-corrected chi connectivity index (χ3v) is 10.5. The molecule has 1 rings (SSSR count). The van der Waals surface area contributed by atoms with E-state index in [-0.39, 0.29) is 5.56 Å². The van der Waals surface area contributed by atoms with Gasteiger partial charge in [-0.25, -0.2) is 0 Å². The number of nitrogens with zero attached hydrogens (tertiary/aromatic N) is 1. The van der Waals surface area contributed by atoms with Crippen LogP contribution in [0.15, 0.2) is 30.3 Å². The molecule has 0 radical (unpaired) electrons. The second-order valence-corrected chi connectivity index (χ2v) is 12.3. The van der Waals surface area contributed by atoms with Crippen molar-refractivity contribution in [3.05, 3.63) is 35.9 Å². The van der Waals surface area contributed by atoms with Gasteiger partial charge in [0.15, 0.2) is 6.04 Å². The van der Waals surface area contributed by atoms with Gasteiger partial charge in [0, 0.05) is 12.6 Å². The Labute approximate surface area is 190 Å². The predicted molar refractivity (Wildman–Crippen MR) is 125 cm³/mol. The van der Waals surface area contributed by atoms with Gasteiger partial charge < -0.3 is 4.90 Å². The Morgan fingerprint density at radius 3 is 1.69 bits per heavy atom. The van der Waals surface area contributed by atoms with Crippen LogP contribution in [0.25, 0.3) is 0 Å². The van der Waals surface area contributed by atoms with Crippen molar-refractivity contribution in [1.29, 1.82) is 0 Å². The first-order valence-corrected chi connectivity index (χ1v) is 13.7. The van der Waals surface area contributed by atoms with E-state index >= 15 is 0 Å². The average Bonchev–Trinajstić information content (AvgIpc) is 2.78. The average molecular weight is 475 g/mol. The summed E-state index contributed by atoms with van der Waals surface area (Å²) in [5, 5.41) is 0. The molecule has 0 spiro atoms. The van der Waals surface area contributed by atoms with Crippen molar-refractivity contribution in [2.24, 2.45) is 0 Å². The fourth-order valence-corrected chi connectivity index (χ4v) is 8.72. The topological polar surface area (TPSA) is 54.5 Å². The first-order valence-electron chi connectivity index (χ1n) is 11.4. The molecule has 0 aliphatic carbocycles. The molecule has 32 heavy (non-hydrogen) atoms. The molecule has 0 saturated heterocycles. The number of rotatable bonds is 14. The molecule has 4 nitrogen and oxygen atoms in total. The van der Waals surface area contributed by atoms with Crippen LogP contribution in [0.4, 0.5) is 13.2 Å². The van der Waals surface area contributed by atoms with Crippen LogP contribution in [0.3, 0.4) is 0 Å².